The van der Waals surface area contributed by atoms with Crippen molar-refractivity contribution in [3.8, 4) is 17.0 Å². The highest BCUT2D eigenvalue weighted by Gasteiger charge is 2.46. The molecule has 0 saturated carbocycles. The van der Waals surface area contributed by atoms with Gasteiger partial charge in [0.2, 0.25) is 0 Å². The molecule has 1 saturated heterocycles. The van der Waals surface area contributed by atoms with E-state index < -0.39 is 5.82 Å². The number of hydrogen-bond acceptors (Lipinski definition) is 5. The average molecular weight is 443 g/mol. The van der Waals surface area contributed by atoms with Gasteiger partial charge in [-0.15, -0.1) is 0 Å². The van der Waals surface area contributed by atoms with Gasteiger partial charge in [0, 0.05) is 30.6 Å². The minimum atomic E-state index is -0.501. The molecule has 2 aliphatic rings. The van der Waals surface area contributed by atoms with Gasteiger partial charge >= 0.3 is 0 Å². The predicted octanol–water partition coefficient (Wildman–Crippen LogP) is 4.02. The number of fused-ring (bicyclic) bond motifs is 2. The summed E-state index contributed by atoms with van der Waals surface area (Å²) in [5.41, 5.74) is 2.55. The number of benzene rings is 1. The van der Waals surface area contributed by atoms with E-state index in [0.717, 1.165) is 18.3 Å². The van der Waals surface area contributed by atoms with Crippen molar-refractivity contribution in [3.05, 3.63) is 58.8 Å². The van der Waals surface area contributed by atoms with E-state index in [0.29, 0.717) is 58.7 Å². The first-order valence-electron chi connectivity index (χ1n) is 9.86. The molecule has 1 aromatic carbocycles. The molecular weight excluding hydrogens is 423 g/mol. The van der Waals surface area contributed by atoms with Gasteiger partial charge in [-0.2, -0.15) is 0 Å². The number of methoxy groups -OCH3 is 1. The van der Waals surface area contributed by atoms with Crippen molar-refractivity contribution in [2.75, 3.05) is 32.2 Å². The lowest BCUT2D eigenvalue weighted by atomic mass is 9.79. The van der Waals surface area contributed by atoms with Crippen LogP contribution in [0.2, 0.25) is 5.02 Å². The number of carbonyl (C=O) groups excluding carboxylic acids is 1. The standard InChI is InChI=1S/C22H20ClFN4O3/c1-30-19-13(23)3-2-4-15(19)27-18-16-20(22(6-8-31-11-22)10-26-21(16)29)28-17(18)12-5-7-25-9-14(12)24/h2-5,7,9,27-28H,6,8,10-11H2,1H3,(H,26,29)/t22-/m0/s1. The van der Waals surface area contributed by atoms with Crippen LogP contribution in [0.5, 0.6) is 5.75 Å². The van der Waals surface area contributed by atoms with Gasteiger partial charge in [0.25, 0.3) is 5.91 Å². The summed E-state index contributed by atoms with van der Waals surface area (Å²) in [6, 6.07) is 6.83. The van der Waals surface area contributed by atoms with Gasteiger partial charge in [-0.3, -0.25) is 9.78 Å². The Hall–Kier alpha value is -3.10. The first kappa shape index (κ1) is 19.8. The molecule has 0 aliphatic carbocycles. The van der Waals surface area contributed by atoms with Crippen molar-refractivity contribution in [2.45, 2.75) is 11.8 Å². The molecule has 2 aliphatic heterocycles. The highest BCUT2D eigenvalue weighted by molar-refractivity contribution is 6.32. The van der Waals surface area contributed by atoms with Gasteiger partial charge in [-0.25, -0.2) is 4.39 Å². The Bertz CT molecular complexity index is 1170. The molecule has 1 atom stereocenters. The second kappa shape index (κ2) is 7.55. The lowest BCUT2D eigenvalue weighted by Crippen LogP contribution is -2.47. The van der Waals surface area contributed by atoms with Gasteiger partial charge in [0.05, 0.1) is 53.0 Å². The topological polar surface area (TPSA) is 88.3 Å². The van der Waals surface area contributed by atoms with Gasteiger partial charge in [-0.1, -0.05) is 17.7 Å². The van der Waals surface area contributed by atoms with Crippen LogP contribution < -0.4 is 15.4 Å². The summed E-state index contributed by atoms with van der Waals surface area (Å²) < 4.78 is 25.9. The average Bonchev–Trinajstić information content (AvgIpc) is 3.38. The minimum Gasteiger partial charge on any atom is -0.493 e. The number of nitrogens with zero attached hydrogens (tertiary/aromatic N) is 1. The number of hydrogen-bond donors (Lipinski definition) is 3. The van der Waals surface area contributed by atoms with Gasteiger partial charge in [0.15, 0.2) is 11.6 Å². The largest absolute Gasteiger partial charge is 0.493 e. The van der Waals surface area contributed by atoms with Crippen LogP contribution in [0.15, 0.2) is 36.7 Å². The Morgan fingerprint density at radius 1 is 1.35 bits per heavy atom. The normalized spacial score (nSPS) is 19.9. The van der Waals surface area contributed by atoms with Crippen LogP contribution in [0.3, 0.4) is 0 Å². The first-order chi connectivity index (χ1) is 15.0. The maximum Gasteiger partial charge on any atom is 0.255 e. The Morgan fingerprint density at radius 2 is 2.23 bits per heavy atom. The van der Waals surface area contributed by atoms with Crippen molar-refractivity contribution in [3.63, 3.8) is 0 Å². The van der Waals surface area contributed by atoms with Crippen LogP contribution in [-0.2, 0) is 10.2 Å². The van der Waals surface area contributed by atoms with E-state index in [-0.39, 0.29) is 11.3 Å². The zero-order valence-electron chi connectivity index (χ0n) is 16.7. The third-order valence-electron chi connectivity index (χ3n) is 5.92. The molecule has 9 heteroatoms. The smallest absolute Gasteiger partial charge is 0.255 e. The number of pyridine rings is 1. The molecule has 0 unspecified atom stereocenters. The number of nitrogens with one attached hydrogen (secondary N) is 3. The zero-order valence-corrected chi connectivity index (χ0v) is 17.5. The van der Waals surface area contributed by atoms with Gasteiger partial charge < -0.3 is 25.1 Å². The SMILES string of the molecule is COc1c(Cl)cccc1Nc1c(-c2ccncc2F)[nH]c2c1C(=O)NC[C@]21CCOC1. The summed E-state index contributed by atoms with van der Waals surface area (Å²) >= 11 is 6.29. The van der Waals surface area contributed by atoms with Crippen molar-refractivity contribution in [1.82, 2.24) is 15.3 Å². The Balaban J connectivity index is 1.75. The molecule has 3 aromatic rings. The highest BCUT2D eigenvalue weighted by atomic mass is 35.5. The number of aromatic nitrogens is 2. The highest BCUT2D eigenvalue weighted by Crippen LogP contribution is 2.46. The van der Waals surface area contributed by atoms with Crippen molar-refractivity contribution >= 4 is 28.9 Å². The van der Waals surface area contributed by atoms with E-state index >= 15 is 0 Å². The van der Waals surface area contributed by atoms with Crippen molar-refractivity contribution in [2.24, 2.45) is 0 Å². The van der Waals surface area contributed by atoms with Gasteiger partial charge in [-0.05, 0) is 24.6 Å². The molecule has 1 spiro atoms. The molecule has 0 radical (unpaired) electrons. The molecule has 160 valence electrons. The summed E-state index contributed by atoms with van der Waals surface area (Å²) in [6.07, 6.45) is 3.41. The number of para-hydroxylation sites is 1. The van der Waals surface area contributed by atoms with Crippen LogP contribution >= 0.6 is 11.6 Å². The number of aromatic amines is 1. The summed E-state index contributed by atoms with van der Waals surface area (Å²) in [5.74, 6) is -0.317. The van der Waals surface area contributed by atoms with Gasteiger partial charge in [0.1, 0.15) is 0 Å². The number of amides is 1. The van der Waals surface area contributed by atoms with E-state index in [1.807, 2.05) is 0 Å². The number of H-pyrrole nitrogens is 1. The fraction of sp³-hybridized carbons (Fsp3) is 0.273. The fourth-order valence-corrected chi connectivity index (χ4v) is 4.60. The summed E-state index contributed by atoms with van der Waals surface area (Å²) in [4.78, 5) is 20.2. The monoisotopic (exact) mass is 442 g/mol. The summed E-state index contributed by atoms with van der Waals surface area (Å²) in [5, 5.41) is 6.66. The third kappa shape index (κ3) is 3.14. The third-order valence-corrected chi connectivity index (χ3v) is 6.22. The van der Waals surface area contributed by atoms with Crippen LogP contribution in [0.4, 0.5) is 15.8 Å². The molecule has 7 nitrogen and oxygen atoms in total. The fourth-order valence-electron chi connectivity index (χ4n) is 4.35. The molecule has 1 amide bonds. The number of anilines is 2. The first-order valence-corrected chi connectivity index (χ1v) is 10.2. The lowest BCUT2D eigenvalue weighted by molar-refractivity contribution is 0.0917. The maximum atomic E-state index is 14.8. The van der Waals surface area contributed by atoms with E-state index in [2.05, 4.69) is 20.6 Å². The molecule has 0 bridgehead atoms. The predicted molar refractivity (Wildman–Crippen MR) is 115 cm³/mol. The zero-order chi connectivity index (χ0) is 21.6. The molecule has 1 fully saturated rings. The molecule has 2 aromatic heterocycles. The van der Waals surface area contributed by atoms with Crippen molar-refractivity contribution in [1.29, 1.82) is 0 Å². The molecule has 3 N–H and O–H groups in total. The minimum absolute atomic E-state index is 0.243. The lowest BCUT2D eigenvalue weighted by Gasteiger charge is -2.32. The Kier molecular flexibility index (Phi) is 4.83. The summed E-state index contributed by atoms with van der Waals surface area (Å²) in [6.45, 7) is 1.52. The number of ether oxygens (including phenoxy) is 2. The van der Waals surface area contributed by atoms with Crippen LogP contribution in [-0.4, -0.2) is 42.7 Å². The van der Waals surface area contributed by atoms with E-state index in [1.165, 1.54) is 13.3 Å². The maximum absolute atomic E-state index is 14.8. The van der Waals surface area contributed by atoms with Crippen LogP contribution in [0, 0.1) is 5.82 Å². The van der Waals surface area contributed by atoms with Crippen LogP contribution in [0.25, 0.3) is 11.3 Å². The van der Waals surface area contributed by atoms with E-state index in [1.54, 1.807) is 24.3 Å². The van der Waals surface area contributed by atoms with Crippen molar-refractivity contribution < 1.29 is 18.7 Å². The van der Waals surface area contributed by atoms with Crippen LogP contribution in [0.1, 0.15) is 22.5 Å². The Morgan fingerprint density at radius 3 is 2.97 bits per heavy atom. The van der Waals surface area contributed by atoms with E-state index in [4.69, 9.17) is 21.1 Å². The number of halogens is 2. The second-order valence-corrected chi connectivity index (χ2v) is 8.10. The molecule has 4 heterocycles. The second-order valence-electron chi connectivity index (χ2n) is 7.69. The Labute approximate surface area is 182 Å². The number of rotatable bonds is 4. The molecule has 5 rings (SSSR count). The molecule has 31 heavy (non-hydrogen) atoms. The molecular formula is C22H20ClFN4O3. The van der Waals surface area contributed by atoms with E-state index in [9.17, 15) is 9.18 Å². The quantitative estimate of drug-likeness (QED) is 0.568. The summed E-state index contributed by atoms with van der Waals surface area (Å²) in [7, 11) is 1.51. The number of carbonyl (C=O) groups is 1.